The van der Waals surface area contributed by atoms with E-state index in [4.69, 9.17) is 10.5 Å². The Bertz CT molecular complexity index is 430. The minimum Gasteiger partial charge on any atom is -0.378 e. The van der Waals surface area contributed by atoms with E-state index in [-0.39, 0.29) is 24.4 Å². The molecule has 0 aliphatic heterocycles. The van der Waals surface area contributed by atoms with E-state index in [0.717, 1.165) is 0 Å². The summed E-state index contributed by atoms with van der Waals surface area (Å²) in [6.45, 7) is 0.230. The molecule has 0 saturated carbocycles. The molecule has 1 heterocycles. The molecule has 1 rings (SSSR count). The highest BCUT2D eigenvalue weighted by molar-refractivity contribution is 14.1. The first-order valence-corrected chi connectivity index (χ1v) is 5.17. The molecule has 82 valence electrons. The lowest BCUT2D eigenvalue weighted by Crippen LogP contribution is -2.23. The number of halogens is 1. The van der Waals surface area contributed by atoms with Crippen molar-refractivity contribution in [1.82, 2.24) is 9.97 Å². The maximum absolute atomic E-state index is 11.4. The number of ether oxygens (including phenoxy) is 1. The zero-order valence-corrected chi connectivity index (χ0v) is 10.2. The van der Waals surface area contributed by atoms with E-state index in [1.54, 1.807) is 0 Å². The number of carbonyl (C=O) groups is 1. The van der Waals surface area contributed by atoms with Crippen LogP contribution in [0.2, 0.25) is 0 Å². The monoisotopic (exact) mass is 323 g/mol. The van der Waals surface area contributed by atoms with Crippen molar-refractivity contribution in [2.24, 2.45) is 5.73 Å². The average Bonchev–Trinajstić information content (AvgIpc) is 2.12. The lowest BCUT2D eigenvalue weighted by atomic mass is 10.3. The maximum atomic E-state index is 11.4. The predicted octanol–water partition coefficient (Wildman–Crippen LogP) is -0.451. The van der Waals surface area contributed by atoms with Crippen LogP contribution in [0.15, 0.2) is 4.79 Å². The zero-order valence-electron chi connectivity index (χ0n) is 8.04. The molecule has 0 aliphatic carbocycles. The molecule has 0 atom stereocenters. The van der Waals surface area contributed by atoms with Crippen LogP contribution in [-0.2, 0) is 22.6 Å². The average molecular weight is 323 g/mol. The molecule has 1 amide bonds. The number of hydrogen-bond acceptors (Lipinski definition) is 4. The molecule has 6 nitrogen and oxygen atoms in total. The van der Waals surface area contributed by atoms with Gasteiger partial charge in [-0.25, -0.2) is 4.98 Å². The van der Waals surface area contributed by atoms with Gasteiger partial charge in [-0.05, 0) is 22.6 Å². The summed E-state index contributed by atoms with van der Waals surface area (Å²) in [6, 6.07) is 0. The maximum Gasteiger partial charge on any atom is 0.264 e. The summed E-state index contributed by atoms with van der Waals surface area (Å²) in [5.41, 5.74) is 5.23. The van der Waals surface area contributed by atoms with Crippen molar-refractivity contribution < 1.29 is 9.53 Å². The SMILES string of the molecule is COCc1nc(CC(N)=O)[nH]c(=O)c1I. The first-order chi connectivity index (χ1) is 7.04. The van der Waals surface area contributed by atoms with Crippen LogP contribution in [0.5, 0.6) is 0 Å². The molecule has 1 aromatic rings. The Morgan fingerprint density at radius 1 is 1.67 bits per heavy atom. The summed E-state index contributed by atoms with van der Waals surface area (Å²) in [7, 11) is 1.51. The van der Waals surface area contributed by atoms with Gasteiger partial charge in [0.25, 0.3) is 5.56 Å². The fourth-order valence-electron chi connectivity index (χ4n) is 1.04. The Hall–Kier alpha value is -0.960. The van der Waals surface area contributed by atoms with Gasteiger partial charge in [0.05, 0.1) is 18.7 Å². The van der Waals surface area contributed by atoms with Gasteiger partial charge in [-0.1, -0.05) is 0 Å². The highest BCUT2D eigenvalue weighted by Gasteiger charge is 2.09. The fraction of sp³-hybridized carbons (Fsp3) is 0.375. The van der Waals surface area contributed by atoms with Crippen LogP contribution in [0.4, 0.5) is 0 Å². The van der Waals surface area contributed by atoms with Gasteiger partial charge in [0, 0.05) is 7.11 Å². The number of methoxy groups -OCH3 is 1. The van der Waals surface area contributed by atoms with Crippen LogP contribution < -0.4 is 11.3 Å². The number of nitrogens with two attached hydrogens (primary N) is 1. The van der Waals surface area contributed by atoms with Crippen molar-refractivity contribution in [3.05, 3.63) is 25.4 Å². The quantitative estimate of drug-likeness (QED) is 0.733. The summed E-state index contributed by atoms with van der Waals surface area (Å²) >= 11 is 1.88. The van der Waals surface area contributed by atoms with Crippen molar-refractivity contribution in [2.45, 2.75) is 13.0 Å². The molecule has 3 N–H and O–H groups in total. The molecule has 0 aromatic carbocycles. The minimum absolute atomic E-state index is 0.0805. The number of amides is 1. The third-order valence-corrected chi connectivity index (χ3v) is 2.72. The number of nitrogens with one attached hydrogen (secondary N) is 1. The lowest BCUT2D eigenvalue weighted by molar-refractivity contribution is -0.117. The normalized spacial score (nSPS) is 10.3. The van der Waals surface area contributed by atoms with E-state index in [1.807, 2.05) is 22.6 Å². The van der Waals surface area contributed by atoms with Gasteiger partial charge in [-0.3, -0.25) is 9.59 Å². The van der Waals surface area contributed by atoms with Crippen molar-refractivity contribution in [3.63, 3.8) is 0 Å². The Labute approximate surface area is 99.4 Å². The van der Waals surface area contributed by atoms with Crippen LogP contribution in [0.25, 0.3) is 0 Å². The number of aromatic amines is 1. The van der Waals surface area contributed by atoms with Gasteiger partial charge in [0.2, 0.25) is 5.91 Å². The number of H-pyrrole nitrogens is 1. The molecular weight excluding hydrogens is 313 g/mol. The largest absolute Gasteiger partial charge is 0.378 e. The predicted molar refractivity (Wildman–Crippen MR) is 61.2 cm³/mol. The molecule has 0 fully saturated rings. The highest BCUT2D eigenvalue weighted by atomic mass is 127. The Kier molecular flexibility index (Phi) is 4.21. The molecule has 15 heavy (non-hydrogen) atoms. The summed E-state index contributed by atoms with van der Waals surface area (Å²) in [4.78, 5) is 28.6. The second kappa shape index (κ2) is 5.21. The van der Waals surface area contributed by atoms with E-state index in [1.165, 1.54) is 7.11 Å². The number of hydrogen-bond donors (Lipinski definition) is 2. The first-order valence-electron chi connectivity index (χ1n) is 4.09. The molecule has 1 aromatic heterocycles. The van der Waals surface area contributed by atoms with Gasteiger partial charge in [0.1, 0.15) is 9.39 Å². The summed E-state index contributed by atoms with van der Waals surface area (Å²) < 4.78 is 5.35. The minimum atomic E-state index is -0.539. The number of primary amides is 1. The smallest absolute Gasteiger partial charge is 0.264 e. The summed E-state index contributed by atoms with van der Waals surface area (Å²) in [5.74, 6) is -0.275. The third-order valence-electron chi connectivity index (χ3n) is 1.60. The molecular formula is C8H10IN3O3. The molecule has 0 radical (unpaired) electrons. The number of aromatic nitrogens is 2. The molecule has 0 aliphatic rings. The van der Waals surface area contributed by atoms with Crippen molar-refractivity contribution in [2.75, 3.05) is 7.11 Å². The van der Waals surface area contributed by atoms with Crippen molar-refractivity contribution >= 4 is 28.5 Å². The Balaban J connectivity index is 3.11. The summed E-state index contributed by atoms with van der Waals surface area (Å²) in [6.07, 6.45) is -0.0805. The van der Waals surface area contributed by atoms with Crippen LogP contribution >= 0.6 is 22.6 Å². The van der Waals surface area contributed by atoms with Gasteiger partial charge < -0.3 is 15.5 Å². The van der Waals surface area contributed by atoms with Crippen molar-refractivity contribution in [1.29, 1.82) is 0 Å². The number of rotatable bonds is 4. The Morgan fingerprint density at radius 3 is 2.87 bits per heavy atom. The fourth-order valence-corrected chi connectivity index (χ4v) is 1.45. The third kappa shape index (κ3) is 3.27. The van der Waals surface area contributed by atoms with Crippen LogP contribution in [0.3, 0.4) is 0 Å². The van der Waals surface area contributed by atoms with Crippen LogP contribution in [0.1, 0.15) is 11.5 Å². The topological polar surface area (TPSA) is 98.1 Å². The lowest BCUT2D eigenvalue weighted by Gasteiger charge is -2.04. The molecule has 0 spiro atoms. The zero-order chi connectivity index (χ0) is 11.4. The van der Waals surface area contributed by atoms with E-state index in [9.17, 15) is 9.59 Å². The van der Waals surface area contributed by atoms with Gasteiger partial charge in [0.15, 0.2) is 0 Å². The van der Waals surface area contributed by atoms with Crippen LogP contribution in [-0.4, -0.2) is 23.0 Å². The molecule has 0 saturated heterocycles. The van der Waals surface area contributed by atoms with E-state index in [0.29, 0.717) is 9.26 Å². The van der Waals surface area contributed by atoms with Gasteiger partial charge >= 0.3 is 0 Å². The number of carbonyl (C=O) groups excluding carboxylic acids is 1. The second-order valence-corrected chi connectivity index (χ2v) is 3.93. The molecule has 0 bridgehead atoms. The van der Waals surface area contributed by atoms with E-state index in [2.05, 4.69) is 9.97 Å². The standard InChI is InChI=1S/C8H10IN3O3/c1-15-3-4-7(9)8(14)12-6(11-4)2-5(10)13/h2-3H2,1H3,(H2,10,13)(H,11,12,14). The first kappa shape index (κ1) is 12.1. The summed E-state index contributed by atoms with van der Waals surface area (Å²) in [5, 5.41) is 0. The number of nitrogens with zero attached hydrogens (tertiary/aromatic N) is 1. The van der Waals surface area contributed by atoms with Gasteiger partial charge in [-0.15, -0.1) is 0 Å². The van der Waals surface area contributed by atoms with E-state index >= 15 is 0 Å². The Morgan fingerprint density at radius 2 is 2.33 bits per heavy atom. The molecule has 0 unspecified atom stereocenters. The molecule has 7 heteroatoms. The second-order valence-electron chi connectivity index (χ2n) is 2.85. The van der Waals surface area contributed by atoms with Crippen LogP contribution in [0, 0.1) is 3.57 Å². The highest BCUT2D eigenvalue weighted by Crippen LogP contribution is 2.05. The van der Waals surface area contributed by atoms with E-state index < -0.39 is 5.91 Å². The van der Waals surface area contributed by atoms with Gasteiger partial charge in [-0.2, -0.15) is 0 Å². The van der Waals surface area contributed by atoms with Crippen molar-refractivity contribution in [3.8, 4) is 0 Å².